The Labute approximate surface area is 120 Å². The Kier molecular flexibility index (Phi) is 4.76. The largest absolute Gasteiger partial charge is 0.472 e. The number of carbonyl (C=O) groups excluding carboxylic acids is 1. The monoisotopic (exact) mass is 320 g/mol. The lowest BCUT2D eigenvalue weighted by molar-refractivity contribution is 0.252. The van der Waals surface area contributed by atoms with E-state index in [1.165, 1.54) is 7.11 Å². The number of rotatable bonds is 4. The Morgan fingerprint density at radius 1 is 1.45 bits per heavy atom. The van der Waals surface area contributed by atoms with Gasteiger partial charge >= 0.3 is 6.03 Å². The summed E-state index contributed by atoms with van der Waals surface area (Å²) in [5.74, 6) is 0.203. The highest BCUT2D eigenvalue weighted by Crippen LogP contribution is 2.21. The molecule has 2 N–H and O–H groups in total. The summed E-state index contributed by atoms with van der Waals surface area (Å²) in [5.41, 5.74) is 0. The number of ether oxygens (including phenoxy) is 1. The third-order valence-corrected chi connectivity index (χ3v) is 6.08. The average Bonchev–Trinajstić information content (AvgIpc) is 2.84. The summed E-state index contributed by atoms with van der Waals surface area (Å²) in [6.07, 6.45) is 2.17. The molecule has 20 heavy (non-hydrogen) atoms. The van der Waals surface area contributed by atoms with Gasteiger partial charge in [-0.1, -0.05) is 11.5 Å². The van der Waals surface area contributed by atoms with Crippen LogP contribution < -0.4 is 15.4 Å². The van der Waals surface area contributed by atoms with Crippen molar-refractivity contribution >= 4 is 32.3 Å². The minimum absolute atomic E-state index is 0.115. The molecule has 0 spiro atoms. The molecule has 10 heteroatoms. The van der Waals surface area contributed by atoms with E-state index in [-0.39, 0.29) is 12.3 Å². The molecule has 0 radical (unpaired) electrons. The number of aromatic nitrogens is 2. The van der Waals surface area contributed by atoms with Crippen LogP contribution in [0.5, 0.6) is 5.19 Å². The minimum Gasteiger partial charge on any atom is -0.472 e. The van der Waals surface area contributed by atoms with Crippen LogP contribution in [0.3, 0.4) is 0 Å². The predicted octanol–water partition coefficient (Wildman–Crippen LogP) is 0.635. The molecule has 0 bridgehead atoms. The Balaban J connectivity index is 1.83. The lowest BCUT2D eigenvalue weighted by Gasteiger charge is -2.22. The highest BCUT2D eigenvalue weighted by Gasteiger charge is 2.28. The fraction of sp³-hybridized carbons (Fsp3) is 0.700. The van der Waals surface area contributed by atoms with Crippen molar-refractivity contribution in [3.63, 3.8) is 0 Å². The normalized spacial score (nSPS) is 21.1. The summed E-state index contributed by atoms with van der Waals surface area (Å²) in [6, 6.07) is -0.496. The first-order valence-electron chi connectivity index (χ1n) is 6.15. The number of urea groups is 1. The SMILES string of the molecule is COc1nnc(NC(=O)NCC2CCCCS2(=O)=O)s1. The van der Waals surface area contributed by atoms with Crippen molar-refractivity contribution in [2.24, 2.45) is 0 Å². The third-order valence-electron chi connectivity index (χ3n) is 3.00. The van der Waals surface area contributed by atoms with E-state index in [1.54, 1.807) is 0 Å². The van der Waals surface area contributed by atoms with Crippen LogP contribution in [0.25, 0.3) is 0 Å². The molecule has 8 nitrogen and oxygen atoms in total. The Bertz CT molecular complexity index is 572. The van der Waals surface area contributed by atoms with Crippen LogP contribution in [0.15, 0.2) is 0 Å². The van der Waals surface area contributed by atoms with E-state index in [2.05, 4.69) is 20.8 Å². The Morgan fingerprint density at radius 3 is 2.90 bits per heavy atom. The fourth-order valence-electron chi connectivity index (χ4n) is 1.94. The van der Waals surface area contributed by atoms with E-state index in [4.69, 9.17) is 4.74 Å². The van der Waals surface area contributed by atoms with Crippen LogP contribution in [-0.2, 0) is 9.84 Å². The molecule has 1 aliphatic heterocycles. The second-order valence-electron chi connectivity index (χ2n) is 4.40. The third kappa shape index (κ3) is 3.79. The van der Waals surface area contributed by atoms with Crippen molar-refractivity contribution < 1.29 is 17.9 Å². The highest BCUT2D eigenvalue weighted by atomic mass is 32.2. The number of carbonyl (C=O) groups is 1. The van der Waals surface area contributed by atoms with Gasteiger partial charge in [0.05, 0.1) is 18.1 Å². The number of amides is 2. The maximum atomic E-state index is 11.8. The molecule has 2 rings (SSSR count). The van der Waals surface area contributed by atoms with E-state index in [0.29, 0.717) is 23.2 Å². The summed E-state index contributed by atoms with van der Waals surface area (Å²) in [4.78, 5) is 11.6. The zero-order valence-electron chi connectivity index (χ0n) is 11.0. The van der Waals surface area contributed by atoms with Crippen molar-refractivity contribution in [3.8, 4) is 5.19 Å². The molecule has 0 saturated carbocycles. The van der Waals surface area contributed by atoms with Gasteiger partial charge in [0.25, 0.3) is 5.19 Å². The van der Waals surface area contributed by atoms with E-state index < -0.39 is 21.1 Å². The van der Waals surface area contributed by atoms with Crippen LogP contribution in [-0.4, -0.2) is 49.3 Å². The highest BCUT2D eigenvalue weighted by molar-refractivity contribution is 7.92. The molecule has 1 saturated heterocycles. The number of sulfone groups is 1. The first-order valence-corrected chi connectivity index (χ1v) is 8.68. The van der Waals surface area contributed by atoms with Crippen molar-refractivity contribution in [2.45, 2.75) is 24.5 Å². The first kappa shape index (κ1) is 15.0. The minimum atomic E-state index is -3.08. The molecule has 1 atom stereocenters. The number of nitrogens with zero attached hydrogens (tertiary/aromatic N) is 2. The molecule has 1 aromatic rings. The maximum Gasteiger partial charge on any atom is 0.321 e. The summed E-state index contributed by atoms with van der Waals surface area (Å²) in [6.45, 7) is 0.115. The lowest BCUT2D eigenvalue weighted by Crippen LogP contribution is -2.41. The summed E-state index contributed by atoms with van der Waals surface area (Å²) in [7, 11) is -1.62. The second kappa shape index (κ2) is 6.35. The molecular formula is C10H16N4O4S2. The van der Waals surface area contributed by atoms with Gasteiger partial charge in [-0.05, 0) is 24.2 Å². The molecule has 1 aliphatic rings. The molecule has 1 fully saturated rings. The second-order valence-corrected chi connectivity index (χ2v) is 7.74. The molecule has 0 aromatic carbocycles. The zero-order valence-corrected chi connectivity index (χ0v) is 12.6. The van der Waals surface area contributed by atoms with Crippen LogP contribution in [0, 0.1) is 0 Å². The average molecular weight is 320 g/mol. The smallest absolute Gasteiger partial charge is 0.321 e. The van der Waals surface area contributed by atoms with Gasteiger partial charge in [-0.25, -0.2) is 13.2 Å². The van der Waals surface area contributed by atoms with Crippen LogP contribution >= 0.6 is 11.3 Å². The van der Waals surface area contributed by atoms with Gasteiger partial charge in [-0.15, -0.1) is 5.10 Å². The molecule has 2 heterocycles. The van der Waals surface area contributed by atoms with Crippen LogP contribution in [0.2, 0.25) is 0 Å². The quantitative estimate of drug-likeness (QED) is 0.842. The number of anilines is 1. The topological polar surface area (TPSA) is 110 Å². The van der Waals surface area contributed by atoms with Crippen molar-refractivity contribution in [3.05, 3.63) is 0 Å². The van der Waals surface area contributed by atoms with E-state index >= 15 is 0 Å². The van der Waals surface area contributed by atoms with E-state index in [0.717, 1.165) is 17.8 Å². The molecule has 2 amide bonds. The van der Waals surface area contributed by atoms with Gasteiger partial charge in [0.2, 0.25) is 5.13 Å². The number of hydrogen-bond donors (Lipinski definition) is 2. The fourth-order valence-corrected chi connectivity index (χ4v) is 4.30. The zero-order chi connectivity index (χ0) is 14.6. The van der Waals surface area contributed by atoms with E-state index in [1.807, 2.05) is 0 Å². The van der Waals surface area contributed by atoms with Gasteiger partial charge in [0.15, 0.2) is 9.84 Å². The van der Waals surface area contributed by atoms with Gasteiger partial charge in [-0.2, -0.15) is 0 Å². The Morgan fingerprint density at radius 2 is 2.25 bits per heavy atom. The van der Waals surface area contributed by atoms with Crippen molar-refractivity contribution in [1.29, 1.82) is 0 Å². The molecule has 0 aliphatic carbocycles. The first-order chi connectivity index (χ1) is 9.51. The van der Waals surface area contributed by atoms with Crippen molar-refractivity contribution in [2.75, 3.05) is 24.7 Å². The van der Waals surface area contributed by atoms with Gasteiger partial charge in [0, 0.05) is 6.54 Å². The summed E-state index contributed by atoms with van der Waals surface area (Å²) < 4.78 is 28.4. The van der Waals surface area contributed by atoms with Gasteiger partial charge < -0.3 is 10.1 Å². The Hall–Kier alpha value is -1.42. The number of methoxy groups -OCH3 is 1. The predicted molar refractivity (Wildman–Crippen MR) is 74.9 cm³/mol. The summed E-state index contributed by atoms with van der Waals surface area (Å²) >= 11 is 1.09. The molecular weight excluding hydrogens is 304 g/mol. The molecule has 1 aromatic heterocycles. The summed E-state index contributed by atoms with van der Waals surface area (Å²) in [5, 5.41) is 12.6. The standard InChI is InChI=1S/C10H16N4O4S2/c1-18-10-14-13-9(19-10)12-8(15)11-6-7-4-2-3-5-20(7,16)17/h7H,2-6H2,1H3,(H2,11,12,13,15). The number of hydrogen-bond acceptors (Lipinski definition) is 7. The molecule has 112 valence electrons. The molecule has 1 unspecified atom stereocenters. The van der Waals surface area contributed by atoms with Crippen molar-refractivity contribution in [1.82, 2.24) is 15.5 Å². The van der Waals surface area contributed by atoms with Crippen LogP contribution in [0.1, 0.15) is 19.3 Å². The maximum absolute atomic E-state index is 11.8. The van der Waals surface area contributed by atoms with Gasteiger partial charge in [-0.3, -0.25) is 5.32 Å². The lowest BCUT2D eigenvalue weighted by atomic mass is 10.2. The number of nitrogens with one attached hydrogen (secondary N) is 2. The van der Waals surface area contributed by atoms with E-state index in [9.17, 15) is 13.2 Å². The van der Waals surface area contributed by atoms with Crippen LogP contribution in [0.4, 0.5) is 9.93 Å². The van der Waals surface area contributed by atoms with Gasteiger partial charge in [0.1, 0.15) is 0 Å².